The zero-order valence-corrected chi connectivity index (χ0v) is 7.53. The summed E-state index contributed by atoms with van der Waals surface area (Å²) < 4.78 is 5.25. The lowest BCUT2D eigenvalue weighted by molar-refractivity contribution is 0.151. The topological polar surface area (TPSA) is 29.5 Å². The van der Waals surface area contributed by atoms with Gasteiger partial charge in [0.15, 0.2) is 0 Å². The molecule has 1 aromatic rings. The Morgan fingerprint density at radius 2 is 2.38 bits per heavy atom. The molecule has 1 aromatic carbocycles. The van der Waals surface area contributed by atoms with Crippen LogP contribution >= 0.6 is 0 Å². The van der Waals surface area contributed by atoms with Crippen LogP contribution in [0.1, 0.15) is 5.56 Å². The molecule has 0 amide bonds. The molecule has 0 aliphatic heterocycles. The fraction of sp³-hybridized carbons (Fsp3) is 0.273. The Kier molecular flexibility index (Phi) is 3.36. The molecule has 1 atom stereocenters. The van der Waals surface area contributed by atoms with Crippen LogP contribution in [-0.4, -0.2) is 17.8 Å². The molecule has 13 heavy (non-hydrogen) atoms. The maximum atomic E-state index is 9.03. The van der Waals surface area contributed by atoms with Gasteiger partial charge < -0.3 is 9.84 Å². The van der Waals surface area contributed by atoms with Gasteiger partial charge in [-0.05, 0) is 24.6 Å². The van der Waals surface area contributed by atoms with Gasteiger partial charge in [0.05, 0.1) is 0 Å². The van der Waals surface area contributed by atoms with E-state index >= 15 is 0 Å². The van der Waals surface area contributed by atoms with Crippen molar-refractivity contribution in [2.75, 3.05) is 6.61 Å². The van der Waals surface area contributed by atoms with Crippen molar-refractivity contribution in [3.63, 3.8) is 0 Å². The van der Waals surface area contributed by atoms with E-state index in [0.29, 0.717) is 0 Å². The van der Waals surface area contributed by atoms with Crippen LogP contribution in [-0.2, 0) is 0 Å². The highest BCUT2D eigenvalue weighted by Crippen LogP contribution is 2.12. The molecule has 0 saturated carbocycles. The van der Waals surface area contributed by atoms with Crippen LogP contribution in [0.5, 0.6) is 5.75 Å². The fourth-order valence-corrected chi connectivity index (χ4v) is 0.928. The van der Waals surface area contributed by atoms with E-state index in [1.54, 1.807) is 0 Å². The molecule has 0 fully saturated rings. The average molecular weight is 176 g/mol. The van der Waals surface area contributed by atoms with Crippen LogP contribution in [0.25, 0.3) is 0 Å². The number of aryl methyl sites for hydroxylation is 1. The summed E-state index contributed by atoms with van der Waals surface area (Å²) in [6.07, 6.45) is 4.15. The fourth-order valence-electron chi connectivity index (χ4n) is 0.928. The Hall–Kier alpha value is -1.46. The highest BCUT2D eigenvalue weighted by Gasteiger charge is 1.99. The molecule has 1 unspecified atom stereocenters. The molecular formula is C11H12O2. The Balaban J connectivity index is 2.51. The minimum absolute atomic E-state index is 0.139. The predicted octanol–water partition coefficient (Wildman–Crippen LogP) is 1.37. The van der Waals surface area contributed by atoms with Crippen molar-refractivity contribution in [1.82, 2.24) is 0 Å². The lowest BCUT2D eigenvalue weighted by Crippen LogP contribution is -2.14. The van der Waals surface area contributed by atoms with Crippen molar-refractivity contribution in [2.24, 2.45) is 0 Å². The van der Waals surface area contributed by atoms with E-state index in [-0.39, 0.29) is 6.61 Å². The largest absolute Gasteiger partial charge is 0.490 e. The van der Waals surface area contributed by atoms with Gasteiger partial charge in [-0.1, -0.05) is 18.1 Å². The maximum Gasteiger partial charge on any atom is 0.148 e. The summed E-state index contributed by atoms with van der Waals surface area (Å²) in [5, 5.41) is 9.03. The van der Waals surface area contributed by atoms with E-state index in [1.165, 1.54) is 0 Å². The molecule has 0 aromatic heterocycles. The molecule has 0 aliphatic rings. The minimum atomic E-state index is -0.833. The Bertz CT molecular complexity index is 312. The third-order valence-corrected chi connectivity index (χ3v) is 1.59. The van der Waals surface area contributed by atoms with Crippen molar-refractivity contribution in [1.29, 1.82) is 0 Å². The number of terminal acetylenes is 1. The second kappa shape index (κ2) is 4.54. The molecule has 0 heterocycles. The van der Waals surface area contributed by atoms with E-state index in [4.69, 9.17) is 16.3 Å². The summed E-state index contributed by atoms with van der Waals surface area (Å²) in [5.41, 5.74) is 1.12. The van der Waals surface area contributed by atoms with Gasteiger partial charge in [0.2, 0.25) is 0 Å². The quantitative estimate of drug-likeness (QED) is 0.705. The first-order chi connectivity index (χ1) is 6.22. The van der Waals surface area contributed by atoms with Crippen LogP contribution in [0.4, 0.5) is 0 Å². The highest BCUT2D eigenvalue weighted by atomic mass is 16.5. The summed E-state index contributed by atoms with van der Waals surface area (Å²) in [5.74, 6) is 2.91. The zero-order valence-electron chi connectivity index (χ0n) is 7.53. The minimum Gasteiger partial charge on any atom is -0.490 e. The smallest absolute Gasteiger partial charge is 0.148 e. The van der Waals surface area contributed by atoms with Gasteiger partial charge in [-0.2, -0.15) is 0 Å². The Morgan fingerprint density at radius 1 is 1.62 bits per heavy atom. The second-order valence-electron chi connectivity index (χ2n) is 2.81. The number of rotatable bonds is 3. The van der Waals surface area contributed by atoms with E-state index in [1.807, 2.05) is 31.2 Å². The van der Waals surface area contributed by atoms with Crippen LogP contribution in [0.3, 0.4) is 0 Å². The molecule has 0 radical (unpaired) electrons. The van der Waals surface area contributed by atoms with E-state index in [9.17, 15) is 0 Å². The molecule has 2 nitrogen and oxygen atoms in total. The molecule has 0 bridgehead atoms. The van der Waals surface area contributed by atoms with Crippen LogP contribution < -0.4 is 4.74 Å². The summed E-state index contributed by atoms with van der Waals surface area (Å²) in [7, 11) is 0. The number of ether oxygens (including phenoxy) is 1. The lowest BCUT2D eigenvalue weighted by Gasteiger charge is -2.07. The Morgan fingerprint density at radius 3 is 3.00 bits per heavy atom. The number of benzene rings is 1. The van der Waals surface area contributed by atoms with Crippen LogP contribution in [0.15, 0.2) is 24.3 Å². The highest BCUT2D eigenvalue weighted by molar-refractivity contribution is 5.27. The van der Waals surface area contributed by atoms with Gasteiger partial charge in [0, 0.05) is 0 Å². The van der Waals surface area contributed by atoms with Crippen LogP contribution in [0.2, 0.25) is 0 Å². The molecule has 2 heteroatoms. The summed E-state index contributed by atoms with van der Waals surface area (Å²) in [4.78, 5) is 0. The number of hydrogen-bond donors (Lipinski definition) is 1. The summed E-state index contributed by atoms with van der Waals surface area (Å²) in [6.45, 7) is 2.12. The van der Waals surface area contributed by atoms with Crippen LogP contribution in [0, 0.1) is 19.3 Å². The standard InChI is InChI=1S/C11H12O2/c1-3-10(12)8-13-11-6-4-5-9(2)7-11/h1,4-7,10,12H,8H2,2H3. The van der Waals surface area contributed by atoms with E-state index in [2.05, 4.69) is 5.92 Å². The maximum absolute atomic E-state index is 9.03. The lowest BCUT2D eigenvalue weighted by atomic mass is 10.2. The average Bonchev–Trinajstić information content (AvgIpc) is 2.14. The number of aliphatic hydroxyl groups excluding tert-OH is 1. The van der Waals surface area contributed by atoms with Gasteiger partial charge >= 0.3 is 0 Å². The van der Waals surface area contributed by atoms with Crippen molar-refractivity contribution >= 4 is 0 Å². The van der Waals surface area contributed by atoms with Gasteiger partial charge in [-0.15, -0.1) is 6.42 Å². The van der Waals surface area contributed by atoms with Crippen molar-refractivity contribution in [3.8, 4) is 18.1 Å². The molecule has 0 spiro atoms. The van der Waals surface area contributed by atoms with Gasteiger partial charge in [0.25, 0.3) is 0 Å². The van der Waals surface area contributed by atoms with Crippen molar-refractivity contribution in [2.45, 2.75) is 13.0 Å². The zero-order chi connectivity index (χ0) is 9.68. The molecular weight excluding hydrogens is 164 g/mol. The SMILES string of the molecule is C#CC(O)COc1cccc(C)c1. The normalized spacial score (nSPS) is 11.8. The molecule has 68 valence electrons. The van der Waals surface area contributed by atoms with Gasteiger partial charge in [-0.3, -0.25) is 0 Å². The van der Waals surface area contributed by atoms with Gasteiger partial charge in [-0.25, -0.2) is 0 Å². The first kappa shape index (κ1) is 9.63. The number of hydrogen-bond acceptors (Lipinski definition) is 2. The molecule has 1 rings (SSSR count). The Labute approximate surface area is 78.2 Å². The third-order valence-electron chi connectivity index (χ3n) is 1.59. The molecule has 0 aliphatic carbocycles. The first-order valence-corrected chi connectivity index (χ1v) is 4.06. The van der Waals surface area contributed by atoms with Crippen molar-refractivity contribution in [3.05, 3.63) is 29.8 Å². The monoisotopic (exact) mass is 176 g/mol. The first-order valence-electron chi connectivity index (χ1n) is 4.06. The van der Waals surface area contributed by atoms with E-state index < -0.39 is 6.10 Å². The van der Waals surface area contributed by atoms with Crippen molar-refractivity contribution < 1.29 is 9.84 Å². The predicted molar refractivity (Wildman–Crippen MR) is 51.5 cm³/mol. The molecule has 1 N–H and O–H groups in total. The second-order valence-corrected chi connectivity index (χ2v) is 2.81. The number of aliphatic hydroxyl groups is 1. The summed E-state index contributed by atoms with van der Waals surface area (Å²) in [6, 6.07) is 7.59. The molecule has 0 saturated heterocycles. The summed E-state index contributed by atoms with van der Waals surface area (Å²) >= 11 is 0. The third kappa shape index (κ3) is 3.18. The van der Waals surface area contributed by atoms with E-state index in [0.717, 1.165) is 11.3 Å². The van der Waals surface area contributed by atoms with Gasteiger partial charge in [0.1, 0.15) is 18.5 Å².